The van der Waals surface area contributed by atoms with Crippen LogP contribution in [0.3, 0.4) is 0 Å². The summed E-state index contributed by atoms with van der Waals surface area (Å²) in [6.45, 7) is 3.01. The number of hydrogen-bond acceptors (Lipinski definition) is 4. The fourth-order valence-corrected chi connectivity index (χ4v) is 2.63. The zero-order valence-electron chi connectivity index (χ0n) is 11.4. The molecule has 0 aliphatic heterocycles. The van der Waals surface area contributed by atoms with E-state index in [-0.39, 0.29) is 0 Å². The van der Waals surface area contributed by atoms with Crippen LogP contribution in [0.4, 0.5) is 0 Å². The monoisotopic (exact) mass is 286 g/mol. The van der Waals surface area contributed by atoms with Crippen LogP contribution >= 0.6 is 0 Å². The molecular formula is C13H22N2O3S. The summed E-state index contributed by atoms with van der Waals surface area (Å²) in [5, 5.41) is 2.42. The van der Waals surface area contributed by atoms with E-state index in [9.17, 15) is 8.42 Å². The maximum absolute atomic E-state index is 11.8. The van der Waals surface area contributed by atoms with E-state index in [4.69, 9.17) is 4.74 Å². The number of para-hydroxylation sites is 1. The minimum atomic E-state index is -3.24. The van der Waals surface area contributed by atoms with Crippen molar-refractivity contribution in [2.75, 3.05) is 26.7 Å². The second-order valence-electron chi connectivity index (χ2n) is 4.32. The predicted molar refractivity (Wildman–Crippen MR) is 76.9 cm³/mol. The zero-order valence-corrected chi connectivity index (χ0v) is 12.2. The Bertz CT molecular complexity index is 448. The molecule has 0 aliphatic rings. The minimum absolute atomic E-state index is 0.392. The first-order chi connectivity index (χ1) is 9.06. The molecule has 0 saturated carbocycles. The Morgan fingerprint density at radius 2 is 1.95 bits per heavy atom. The van der Waals surface area contributed by atoms with Gasteiger partial charge in [0.2, 0.25) is 10.0 Å². The Hall–Kier alpha value is -1.11. The van der Waals surface area contributed by atoms with E-state index in [1.807, 2.05) is 30.3 Å². The molecule has 0 saturated heterocycles. The van der Waals surface area contributed by atoms with Crippen LogP contribution in [-0.2, 0) is 10.0 Å². The van der Waals surface area contributed by atoms with E-state index in [0.29, 0.717) is 26.1 Å². The lowest BCUT2D eigenvalue weighted by Gasteiger charge is -2.13. The lowest BCUT2D eigenvalue weighted by molar-refractivity contribution is 0.311. The quantitative estimate of drug-likeness (QED) is 0.664. The molecule has 0 radical (unpaired) electrons. The third kappa shape index (κ3) is 6.04. The fraction of sp³-hybridized carbons (Fsp3) is 0.538. The van der Waals surface area contributed by atoms with E-state index in [1.54, 1.807) is 14.0 Å². The number of sulfonamides is 1. The van der Waals surface area contributed by atoms with Crippen molar-refractivity contribution in [1.82, 2.24) is 10.0 Å². The van der Waals surface area contributed by atoms with Gasteiger partial charge in [0, 0.05) is 13.1 Å². The lowest BCUT2D eigenvalue weighted by atomic mass is 10.3. The number of benzene rings is 1. The molecule has 1 unspecified atom stereocenters. The van der Waals surface area contributed by atoms with Crippen molar-refractivity contribution in [3.63, 3.8) is 0 Å². The van der Waals surface area contributed by atoms with Gasteiger partial charge in [-0.25, -0.2) is 13.1 Å². The molecule has 0 bridgehead atoms. The molecule has 0 aromatic heterocycles. The first kappa shape index (κ1) is 15.9. The molecule has 1 rings (SSSR count). The summed E-state index contributed by atoms with van der Waals surface area (Å²) in [6, 6.07) is 9.47. The van der Waals surface area contributed by atoms with Crippen LogP contribution < -0.4 is 14.8 Å². The van der Waals surface area contributed by atoms with Crippen LogP contribution in [0.2, 0.25) is 0 Å². The van der Waals surface area contributed by atoms with E-state index in [2.05, 4.69) is 10.0 Å². The fourth-order valence-electron chi connectivity index (χ4n) is 1.53. The summed E-state index contributed by atoms with van der Waals surface area (Å²) in [5.41, 5.74) is 0. The Kier molecular flexibility index (Phi) is 6.83. The van der Waals surface area contributed by atoms with E-state index in [0.717, 1.165) is 5.75 Å². The summed E-state index contributed by atoms with van der Waals surface area (Å²) >= 11 is 0. The molecule has 1 aromatic carbocycles. The average molecular weight is 286 g/mol. The van der Waals surface area contributed by atoms with Gasteiger partial charge in [0.25, 0.3) is 0 Å². The van der Waals surface area contributed by atoms with Crippen molar-refractivity contribution in [1.29, 1.82) is 0 Å². The molecule has 108 valence electrons. The third-order valence-corrected chi connectivity index (χ3v) is 4.49. The van der Waals surface area contributed by atoms with Gasteiger partial charge in [-0.05, 0) is 32.5 Å². The number of rotatable bonds is 9. The second-order valence-corrected chi connectivity index (χ2v) is 6.51. The normalized spacial score (nSPS) is 13.2. The van der Waals surface area contributed by atoms with Gasteiger partial charge in [-0.2, -0.15) is 0 Å². The van der Waals surface area contributed by atoms with Gasteiger partial charge in [0.1, 0.15) is 5.75 Å². The molecule has 0 amide bonds. The van der Waals surface area contributed by atoms with Gasteiger partial charge in [0.15, 0.2) is 0 Å². The predicted octanol–water partition coefficient (Wildman–Crippen LogP) is 0.983. The first-order valence-electron chi connectivity index (χ1n) is 6.37. The highest BCUT2D eigenvalue weighted by molar-refractivity contribution is 7.90. The Balaban J connectivity index is 2.20. The molecule has 5 nitrogen and oxygen atoms in total. The van der Waals surface area contributed by atoms with Gasteiger partial charge in [-0.1, -0.05) is 18.2 Å². The van der Waals surface area contributed by atoms with Crippen LogP contribution in [0.15, 0.2) is 30.3 Å². The summed E-state index contributed by atoms with van der Waals surface area (Å²) in [6.07, 6.45) is 0.639. The molecule has 19 heavy (non-hydrogen) atoms. The van der Waals surface area contributed by atoms with Crippen molar-refractivity contribution in [2.24, 2.45) is 0 Å². The van der Waals surface area contributed by atoms with Crippen LogP contribution in [-0.4, -0.2) is 40.4 Å². The van der Waals surface area contributed by atoms with Crippen molar-refractivity contribution in [3.05, 3.63) is 30.3 Å². The van der Waals surface area contributed by atoms with Gasteiger partial charge < -0.3 is 10.1 Å². The average Bonchev–Trinajstić information content (AvgIpc) is 2.39. The highest BCUT2D eigenvalue weighted by Crippen LogP contribution is 2.08. The highest BCUT2D eigenvalue weighted by atomic mass is 32.2. The zero-order chi connectivity index (χ0) is 14.1. The Labute approximate surface area is 115 Å². The summed E-state index contributed by atoms with van der Waals surface area (Å²) in [4.78, 5) is 0. The Morgan fingerprint density at radius 3 is 2.58 bits per heavy atom. The van der Waals surface area contributed by atoms with Crippen molar-refractivity contribution >= 4 is 10.0 Å². The minimum Gasteiger partial charge on any atom is -0.494 e. The number of ether oxygens (including phenoxy) is 1. The molecule has 0 spiro atoms. The molecule has 0 heterocycles. The lowest BCUT2D eigenvalue weighted by Crippen LogP contribution is -2.38. The number of nitrogens with one attached hydrogen (secondary N) is 2. The summed E-state index contributed by atoms with van der Waals surface area (Å²) in [5.74, 6) is 0.800. The second kappa shape index (κ2) is 8.14. The van der Waals surface area contributed by atoms with Gasteiger partial charge >= 0.3 is 0 Å². The number of hydrogen-bond donors (Lipinski definition) is 2. The third-order valence-electron chi connectivity index (χ3n) is 2.66. The van der Waals surface area contributed by atoms with Crippen LogP contribution in [0.5, 0.6) is 5.75 Å². The van der Waals surface area contributed by atoms with Crippen molar-refractivity contribution in [2.45, 2.75) is 18.6 Å². The SMILES string of the molecule is CNCC(C)S(=O)(=O)NCCCOc1ccccc1. The van der Waals surface area contributed by atoms with E-state index < -0.39 is 15.3 Å². The van der Waals surface area contributed by atoms with E-state index >= 15 is 0 Å². The van der Waals surface area contributed by atoms with Crippen LogP contribution in [0.25, 0.3) is 0 Å². The topological polar surface area (TPSA) is 67.4 Å². The maximum atomic E-state index is 11.8. The van der Waals surface area contributed by atoms with E-state index in [1.165, 1.54) is 0 Å². The molecule has 1 aromatic rings. The van der Waals surface area contributed by atoms with Gasteiger partial charge in [-0.15, -0.1) is 0 Å². The van der Waals surface area contributed by atoms with Crippen molar-refractivity contribution < 1.29 is 13.2 Å². The molecule has 0 fully saturated rings. The Morgan fingerprint density at radius 1 is 1.26 bits per heavy atom. The summed E-state index contributed by atoms with van der Waals surface area (Å²) < 4.78 is 31.6. The molecule has 2 N–H and O–H groups in total. The van der Waals surface area contributed by atoms with Gasteiger partial charge in [0.05, 0.1) is 11.9 Å². The van der Waals surface area contributed by atoms with Crippen molar-refractivity contribution in [3.8, 4) is 5.75 Å². The van der Waals surface area contributed by atoms with Crippen LogP contribution in [0.1, 0.15) is 13.3 Å². The molecule has 0 aliphatic carbocycles. The first-order valence-corrected chi connectivity index (χ1v) is 7.92. The summed E-state index contributed by atoms with van der Waals surface area (Å²) in [7, 11) is -1.50. The molecule has 6 heteroatoms. The standard InChI is InChI=1S/C13H22N2O3S/c1-12(11-14-2)19(16,17)15-9-6-10-18-13-7-4-3-5-8-13/h3-5,7-8,12,14-15H,6,9-11H2,1-2H3. The highest BCUT2D eigenvalue weighted by Gasteiger charge is 2.18. The molecular weight excluding hydrogens is 264 g/mol. The maximum Gasteiger partial charge on any atom is 0.215 e. The smallest absolute Gasteiger partial charge is 0.215 e. The van der Waals surface area contributed by atoms with Gasteiger partial charge in [-0.3, -0.25) is 0 Å². The molecule has 1 atom stereocenters. The van der Waals surface area contributed by atoms with Crippen LogP contribution in [0, 0.1) is 0 Å². The largest absolute Gasteiger partial charge is 0.494 e.